The minimum atomic E-state index is -0.296. The molecular weight excluding hydrogens is 374 g/mol. The molecule has 0 aromatic carbocycles. The third-order valence-electron chi connectivity index (χ3n) is 5.94. The highest BCUT2D eigenvalue weighted by Crippen LogP contribution is 2.22. The predicted molar refractivity (Wildman–Crippen MR) is 111 cm³/mol. The van der Waals surface area contributed by atoms with E-state index in [0.717, 1.165) is 56.7 Å². The summed E-state index contributed by atoms with van der Waals surface area (Å²) in [6.07, 6.45) is 2.39. The number of nitrogens with zero attached hydrogens (tertiary/aromatic N) is 4. The summed E-state index contributed by atoms with van der Waals surface area (Å²) in [5.74, 6) is 0.761. The molecule has 1 aromatic rings. The Balaban J connectivity index is 1.47. The fourth-order valence-corrected chi connectivity index (χ4v) is 4.07. The lowest BCUT2D eigenvalue weighted by Gasteiger charge is -2.34. The van der Waals surface area contributed by atoms with Gasteiger partial charge in [0.15, 0.2) is 0 Å². The average molecular weight is 408 g/mol. The first-order chi connectivity index (χ1) is 14.0. The van der Waals surface area contributed by atoms with E-state index < -0.39 is 0 Å². The number of amides is 1. The first-order valence-corrected chi connectivity index (χ1v) is 10.6. The van der Waals surface area contributed by atoms with E-state index in [-0.39, 0.29) is 23.1 Å². The largest absolute Gasteiger partial charge is 0.379 e. The van der Waals surface area contributed by atoms with Crippen molar-refractivity contribution in [2.24, 2.45) is 13.0 Å². The highest BCUT2D eigenvalue weighted by atomic mass is 16.5. The standard InChI is InChI=1S/C20H33N5O4/c1-3-25-17(15-18(26)22(2)20(25)28)24-9-5-16(6-10-24)19(27)21-7-4-8-23-11-13-29-14-12-23/h15-16H,3-14H2,1-2H3,(H,21,27). The smallest absolute Gasteiger partial charge is 0.332 e. The molecule has 29 heavy (non-hydrogen) atoms. The van der Waals surface area contributed by atoms with Gasteiger partial charge < -0.3 is 15.0 Å². The summed E-state index contributed by atoms with van der Waals surface area (Å²) >= 11 is 0. The Morgan fingerprint density at radius 3 is 2.52 bits per heavy atom. The Kier molecular flexibility index (Phi) is 7.49. The molecule has 2 aliphatic rings. The number of carbonyl (C=O) groups excluding carboxylic acids is 1. The van der Waals surface area contributed by atoms with Crippen LogP contribution in [0.4, 0.5) is 5.82 Å². The number of anilines is 1. The molecule has 2 aliphatic heterocycles. The number of piperidine rings is 1. The maximum absolute atomic E-state index is 12.5. The average Bonchev–Trinajstić information content (AvgIpc) is 2.75. The Labute approximate surface area is 171 Å². The van der Waals surface area contributed by atoms with Crippen molar-refractivity contribution in [2.45, 2.75) is 32.7 Å². The third-order valence-corrected chi connectivity index (χ3v) is 5.94. The lowest BCUT2D eigenvalue weighted by molar-refractivity contribution is -0.125. The Morgan fingerprint density at radius 2 is 1.86 bits per heavy atom. The van der Waals surface area contributed by atoms with Gasteiger partial charge in [-0.15, -0.1) is 0 Å². The summed E-state index contributed by atoms with van der Waals surface area (Å²) in [6, 6.07) is 1.52. The van der Waals surface area contributed by atoms with Crippen LogP contribution in [0.2, 0.25) is 0 Å². The zero-order chi connectivity index (χ0) is 20.8. The summed E-state index contributed by atoms with van der Waals surface area (Å²) < 4.78 is 8.09. The van der Waals surface area contributed by atoms with Gasteiger partial charge in [-0.2, -0.15) is 0 Å². The molecule has 0 spiro atoms. The number of hydrogen-bond donors (Lipinski definition) is 1. The van der Waals surface area contributed by atoms with Crippen molar-refractivity contribution >= 4 is 11.7 Å². The van der Waals surface area contributed by atoms with E-state index in [4.69, 9.17) is 4.74 Å². The van der Waals surface area contributed by atoms with Gasteiger partial charge in [0.2, 0.25) is 5.91 Å². The van der Waals surface area contributed by atoms with Gasteiger partial charge in [-0.3, -0.25) is 23.6 Å². The van der Waals surface area contributed by atoms with Crippen molar-refractivity contribution in [3.8, 4) is 0 Å². The second-order valence-corrected chi connectivity index (χ2v) is 7.79. The number of rotatable bonds is 7. The highest BCUT2D eigenvalue weighted by molar-refractivity contribution is 5.78. The minimum absolute atomic E-state index is 0.0111. The summed E-state index contributed by atoms with van der Waals surface area (Å²) in [7, 11) is 1.50. The van der Waals surface area contributed by atoms with Gasteiger partial charge in [0.05, 0.1) is 13.2 Å². The maximum Gasteiger partial charge on any atom is 0.332 e. The molecule has 1 aromatic heterocycles. The van der Waals surface area contributed by atoms with E-state index in [2.05, 4.69) is 15.1 Å². The molecule has 2 fully saturated rings. The van der Waals surface area contributed by atoms with E-state index in [1.807, 2.05) is 6.92 Å². The van der Waals surface area contributed by atoms with Crippen LogP contribution < -0.4 is 21.5 Å². The van der Waals surface area contributed by atoms with Gasteiger partial charge in [-0.1, -0.05) is 0 Å². The summed E-state index contributed by atoms with van der Waals surface area (Å²) in [6.45, 7) is 8.94. The van der Waals surface area contributed by atoms with Gasteiger partial charge >= 0.3 is 5.69 Å². The molecule has 162 valence electrons. The highest BCUT2D eigenvalue weighted by Gasteiger charge is 2.26. The van der Waals surface area contributed by atoms with Crippen molar-refractivity contribution < 1.29 is 9.53 Å². The third kappa shape index (κ3) is 5.27. The van der Waals surface area contributed by atoms with E-state index in [0.29, 0.717) is 32.0 Å². The number of morpholine rings is 1. The maximum atomic E-state index is 12.5. The number of carbonyl (C=O) groups is 1. The van der Waals surface area contributed by atoms with Gasteiger partial charge in [-0.05, 0) is 32.7 Å². The van der Waals surface area contributed by atoms with Crippen molar-refractivity contribution in [3.63, 3.8) is 0 Å². The quantitative estimate of drug-likeness (QED) is 0.620. The lowest BCUT2D eigenvalue weighted by Crippen LogP contribution is -2.45. The molecule has 1 N–H and O–H groups in total. The summed E-state index contributed by atoms with van der Waals surface area (Å²) in [5, 5.41) is 3.07. The molecule has 1 amide bonds. The Bertz CT molecular complexity index is 804. The van der Waals surface area contributed by atoms with Crippen molar-refractivity contribution in [3.05, 3.63) is 26.9 Å². The fraction of sp³-hybridized carbons (Fsp3) is 0.750. The lowest BCUT2D eigenvalue weighted by atomic mass is 9.96. The topological polar surface area (TPSA) is 88.8 Å². The zero-order valence-corrected chi connectivity index (χ0v) is 17.6. The van der Waals surface area contributed by atoms with Gasteiger partial charge in [0, 0.05) is 58.3 Å². The normalized spacial score (nSPS) is 18.8. The number of nitrogens with one attached hydrogen (secondary N) is 1. The molecule has 0 atom stereocenters. The molecule has 3 heterocycles. The van der Waals surface area contributed by atoms with E-state index in [1.54, 1.807) is 4.57 Å². The molecule has 0 unspecified atom stereocenters. The van der Waals surface area contributed by atoms with Gasteiger partial charge in [0.1, 0.15) is 5.82 Å². The molecule has 0 radical (unpaired) electrons. The molecule has 9 heteroatoms. The first kappa shape index (κ1) is 21.6. The zero-order valence-electron chi connectivity index (χ0n) is 17.6. The molecule has 3 rings (SSSR count). The number of ether oxygens (including phenoxy) is 1. The molecule has 0 saturated carbocycles. The van der Waals surface area contributed by atoms with Gasteiger partial charge in [-0.25, -0.2) is 4.79 Å². The van der Waals surface area contributed by atoms with Gasteiger partial charge in [0.25, 0.3) is 5.56 Å². The molecule has 9 nitrogen and oxygen atoms in total. The van der Waals surface area contributed by atoms with Crippen molar-refractivity contribution in [1.29, 1.82) is 0 Å². The SMILES string of the molecule is CCn1c(N2CCC(C(=O)NCCCN3CCOCC3)CC2)cc(=O)n(C)c1=O. The van der Waals surface area contributed by atoms with Crippen LogP contribution in [0.1, 0.15) is 26.2 Å². The Morgan fingerprint density at radius 1 is 1.17 bits per heavy atom. The van der Waals surface area contributed by atoms with Crippen LogP contribution in [-0.4, -0.2) is 72.4 Å². The predicted octanol–water partition coefficient (Wildman–Crippen LogP) is -0.378. The van der Waals surface area contributed by atoms with Crippen molar-refractivity contribution in [1.82, 2.24) is 19.4 Å². The van der Waals surface area contributed by atoms with Crippen LogP contribution in [0.5, 0.6) is 0 Å². The van der Waals surface area contributed by atoms with E-state index in [1.165, 1.54) is 13.1 Å². The monoisotopic (exact) mass is 407 g/mol. The molecule has 0 aliphatic carbocycles. The van der Waals surface area contributed by atoms with E-state index >= 15 is 0 Å². The molecule has 2 saturated heterocycles. The number of hydrogen-bond acceptors (Lipinski definition) is 6. The van der Waals surface area contributed by atoms with Crippen LogP contribution in [-0.2, 0) is 23.1 Å². The van der Waals surface area contributed by atoms with Crippen LogP contribution >= 0.6 is 0 Å². The second-order valence-electron chi connectivity index (χ2n) is 7.79. The first-order valence-electron chi connectivity index (χ1n) is 10.6. The summed E-state index contributed by atoms with van der Waals surface area (Å²) in [4.78, 5) is 41.3. The summed E-state index contributed by atoms with van der Waals surface area (Å²) in [5.41, 5.74) is -0.593. The minimum Gasteiger partial charge on any atom is -0.379 e. The van der Waals surface area contributed by atoms with Crippen LogP contribution in [0, 0.1) is 5.92 Å². The van der Waals surface area contributed by atoms with Crippen LogP contribution in [0.3, 0.4) is 0 Å². The number of aromatic nitrogens is 2. The van der Waals surface area contributed by atoms with Crippen LogP contribution in [0.25, 0.3) is 0 Å². The molecular formula is C20H33N5O4. The fourth-order valence-electron chi connectivity index (χ4n) is 4.07. The Hall–Kier alpha value is -2.13. The molecule has 0 bridgehead atoms. The van der Waals surface area contributed by atoms with E-state index in [9.17, 15) is 14.4 Å². The second kappa shape index (κ2) is 10.1. The van der Waals surface area contributed by atoms with Crippen LogP contribution in [0.15, 0.2) is 15.7 Å². The van der Waals surface area contributed by atoms with Crippen molar-refractivity contribution in [2.75, 3.05) is 57.4 Å².